The first kappa shape index (κ1) is 23.3. The molecule has 0 fully saturated rings. The Morgan fingerprint density at radius 2 is 1.62 bits per heavy atom. The largest absolute Gasteiger partial charge is 0.465 e. The van der Waals surface area contributed by atoms with Gasteiger partial charge in [0.15, 0.2) is 0 Å². The topological polar surface area (TPSA) is 51.5 Å². The summed E-state index contributed by atoms with van der Waals surface area (Å²) in [6.07, 6.45) is 1.81. The minimum absolute atomic E-state index is 0.235. The number of carbonyl (C=O) groups excluding carboxylic acids is 2. The minimum Gasteiger partial charge on any atom is -0.465 e. The molecule has 0 bridgehead atoms. The molecule has 0 N–H and O–H groups in total. The van der Waals surface area contributed by atoms with Gasteiger partial charge in [0, 0.05) is 28.5 Å². The molecule has 0 radical (unpaired) electrons. The Bertz CT molecular complexity index is 1390. The van der Waals surface area contributed by atoms with E-state index in [2.05, 4.69) is 29.7 Å². The van der Waals surface area contributed by atoms with Gasteiger partial charge in [-0.1, -0.05) is 18.2 Å². The van der Waals surface area contributed by atoms with Gasteiger partial charge in [-0.2, -0.15) is 0 Å². The molecular formula is C29H30N2O3. The molecule has 3 aromatic rings. The van der Waals surface area contributed by atoms with E-state index in [-0.39, 0.29) is 5.91 Å². The predicted molar refractivity (Wildman–Crippen MR) is 136 cm³/mol. The van der Waals surface area contributed by atoms with Crippen molar-refractivity contribution in [1.29, 1.82) is 0 Å². The van der Waals surface area contributed by atoms with Crippen molar-refractivity contribution < 1.29 is 14.3 Å². The van der Waals surface area contributed by atoms with Crippen molar-refractivity contribution in [3.05, 3.63) is 99.0 Å². The maximum atomic E-state index is 13.7. The normalized spacial score (nSPS) is 15.0. The van der Waals surface area contributed by atoms with Crippen LogP contribution < -0.4 is 4.90 Å². The van der Waals surface area contributed by atoms with E-state index in [0.717, 1.165) is 39.5 Å². The number of aromatic nitrogens is 1. The van der Waals surface area contributed by atoms with Gasteiger partial charge in [-0.25, -0.2) is 4.79 Å². The van der Waals surface area contributed by atoms with E-state index in [1.165, 1.54) is 12.7 Å². The first-order chi connectivity index (χ1) is 16.1. The predicted octanol–water partition coefficient (Wildman–Crippen LogP) is 5.90. The lowest BCUT2D eigenvalue weighted by Crippen LogP contribution is -2.24. The SMILES string of the molecule is COC(=O)C1=C(C)N(c2ccc(C)c(C)c2)C(=O)/C1=C\c1cc(C)n(-c2cccc(C)c2)c1C. The smallest absolute Gasteiger partial charge is 0.340 e. The van der Waals surface area contributed by atoms with Crippen LogP contribution in [0.4, 0.5) is 5.69 Å². The lowest BCUT2D eigenvalue weighted by molar-refractivity contribution is -0.136. The highest BCUT2D eigenvalue weighted by atomic mass is 16.5. The first-order valence-corrected chi connectivity index (χ1v) is 11.3. The molecule has 0 spiro atoms. The van der Waals surface area contributed by atoms with Crippen LogP contribution in [0.2, 0.25) is 0 Å². The van der Waals surface area contributed by atoms with E-state index < -0.39 is 5.97 Å². The number of hydrogen-bond donors (Lipinski definition) is 0. The fourth-order valence-corrected chi connectivity index (χ4v) is 4.61. The Morgan fingerprint density at radius 3 is 2.26 bits per heavy atom. The van der Waals surface area contributed by atoms with Crippen molar-refractivity contribution in [3.8, 4) is 5.69 Å². The van der Waals surface area contributed by atoms with Crippen molar-refractivity contribution in [1.82, 2.24) is 4.57 Å². The zero-order valence-corrected chi connectivity index (χ0v) is 20.8. The molecule has 1 aromatic heterocycles. The second kappa shape index (κ2) is 8.82. The fourth-order valence-electron chi connectivity index (χ4n) is 4.61. The number of carbonyl (C=O) groups is 2. The van der Waals surface area contributed by atoms with E-state index >= 15 is 0 Å². The van der Waals surface area contributed by atoms with Gasteiger partial charge in [-0.15, -0.1) is 0 Å². The number of rotatable bonds is 4. The highest BCUT2D eigenvalue weighted by Crippen LogP contribution is 2.37. The van der Waals surface area contributed by atoms with Crippen molar-refractivity contribution >= 4 is 23.6 Å². The molecule has 0 saturated carbocycles. The second-order valence-electron chi connectivity index (χ2n) is 8.92. The summed E-state index contributed by atoms with van der Waals surface area (Å²) in [7, 11) is 1.34. The number of allylic oxidation sites excluding steroid dienone is 1. The quantitative estimate of drug-likeness (QED) is 0.364. The van der Waals surface area contributed by atoms with E-state index in [1.54, 1.807) is 11.8 Å². The number of anilines is 1. The zero-order valence-electron chi connectivity index (χ0n) is 20.8. The molecule has 2 heterocycles. The number of ether oxygens (including phenoxy) is 1. The Kier molecular flexibility index (Phi) is 6.05. The molecule has 1 amide bonds. The molecule has 5 nitrogen and oxygen atoms in total. The van der Waals surface area contributed by atoms with Gasteiger partial charge in [0.25, 0.3) is 5.91 Å². The number of nitrogens with zero attached hydrogens (tertiary/aromatic N) is 2. The Morgan fingerprint density at radius 1 is 0.882 bits per heavy atom. The summed E-state index contributed by atoms with van der Waals surface area (Å²) in [5.74, 6) is -0.752. The lowest BCUT2D eigenvalue weighted by Gasteiger charge is -2.19. The van der Waals surface area contributed by atoms with Crippen LogP contribution in [-0.2, 0) is 14.3 Å². The maximum Gasteiger partial charge on any atom is 0.340 e. The van der Waals surface area contributed by atoms with E-state index in [0.29, 0.717) is 16.8 Å². The number of esters is 1. The van der Waals surface area contributed by atoms with E-state index in [4.69, 9.17) is 4.74 Å². The standard InChI is InChI=1S/C29H30N2O3/c1-17-9-8-10-24(13-17)30-20(4)15-23(21(30)5)16-26-27(29(33)34-7)22(6)31(28(26)32)25-12-11-18(2)19(3)14-25/h8-16H,1-7H3/b26-16-. The average molecular weight is 455 g/mol. The van der Waals surface area contributed by atoms with Crippen LogP contribution in [0.1, 0.15) is 40.6 Å². The van der Waals surface area contributed by atoms with E-state index in [9.17, 15) is 9.59 Å². The third kappa shape index (κ3) is 3.87. The van der Waals surface area contributed by atoms with Crippen LogP contribution in [0.15, 0.2) is 65.4 Å². The fraction of sp³-hybridized carbons (Fsp3) is 0.241. The first-order valence-electron chi connectivity index (χ1n) is 11.3. The summed E-state index contributed by atoms with van der Waals surface area (Å²) in [6, 6.07) is 16.2. The number of methoxy groups -OCH3 is 1. The molecule has 0 saturated heterocycles. The number of benzene rings is 2. The van der Waals surface area contributed by atoms with Gasteiger partial charge in [0.05, 0.1) is 18.3 Å². The molecule has 174 valence electrons. The molecule has 0 aliphatic carbocycles. The van der Waals surface area contributed by atoms with Crippen LogP contribution in [-0.4, -0.2) is 23.6 Å². The molecule has 4 rings (SSSR count). The van der Waals surface area contributed by atoms with Crippen LogP contribution in [0.5, 0.6) is 0 Å². The third-order valence-electron chi connectivity index (χ3n) is 6.57. The third-order valence-corrected chi connectivity index (χ3v) is 6.57. The van der Waals surface area contributed by atoms with Crippen LogP contribution in [0.3, 0.4) is 0 Å². The molecule has 0 atom stereocenters. The molecule has 34 heavy (non-hydrogen) atoms. The summed E-state index contributed by atoms with van der Waals surface area (Å²) >= 11 is 0. The monoisotopic (exact) mass is 454 g/mol. The number of hydrogen-bond acceptors (Lipinski definition) is 3. The Labute approximate surface area is 201 Å². The van der Waals surface area contributed by atoms with Crippen molar-refractivity contribution in [2.45, 2.75) is 41.5 Å². The molecule has 0 unspecified atom stereocenters. The highest BCUT2D eigenvalue weighted by Gasteiger charge is 2.38. The van der Waals surface area contributed by atoms with Gasteiger partial charge >= 0.3 is 5.97 Å². The maximum absolute atomic E-state index is 13.7. The van der Waals surface area contributed by atoms with Crippen molar-refractivity contribution in [3.63, 3.8) is 0 Å². The molecule has 5 heteroatoms. The van der Waals surface area contributed by atoms with Gasteiger partial charge in [-0.05, 0) is 100 Å². The molecule has 1 aliphatic rings. The van der Waals surface area contributed by atoms with Gasteiger partial charge in [0.1, 0.15) is 0 Å². The van der Waals surface area contributed by atoms with Gasteiger partial charge in [0.2, 0.25) is 0 Å². The van der Waals surface area contributed by atoms with Crippen LogP contribution in [0, 0.1) is 34.6 Å². The van der Waals surface area contributed by atoms with E-state index in [1.807, 2.05) is 64.1 Å². The van der Waals surface area contributed by atoms with Gasteiger partial charge < -0.3 is 9.30 Å². The lowest BCUT2D eigenvalue weighted by atomic mass is 10.0. The Balaban J connectivity index is 1.86. The van der Waals surface area contributed by atoms with Crippen molar-refractivity contribution in [2.24, 2.45) is 0 Å². The molecular weight excluding hydrogens is 424 g/mol. The summed E-state index contributed by atoms with van der Waals surface area (Å²) in [6.45, 7) is 12.0. The summed E-state index contributed by atoms with van der Waals surface area (Å²) < 4.78 is 7.23. The van der Waals surface area contributed by atoms with Gasteiger partial charge in [-0.3, -0.25) is 9.69 Å². The summed E-state index contributed by atoms with van der Waals surface area (Å²) in [5.41, 5.74) is 9.33. The minimum atomic E-state index is -0.518. The van der Waals surface area contributed by atoms with Crippen LogP contribution >= 0.6 is 0 Å². The average Bonchev–Trinajstić information content (AvgIpc) is 3.21. The zero-order chi connectivity index (χ0) is 24.7. The Hall–Kier alpha value is -3.86. The summed E-state index contributed by atoms with van der Waals surface area (Å²) in [4.78, 5) is 28.0. The number of aryl methyl sites for hydroxylation is 4. The number of amides is 1. The van der Waals surface area contributed by atoms with Crippen molar-refractivity contribution in [2.75, 3.05) is 12.0 Å². The molecule has 1 aliphatic heterocycles. The molecule has 2 aromatic carbocycles. The van der Waals surface area contributed by atoms with Crippen LogP contribution in [0.25, 0.3) is 11.8 Å². The second-order valence-corrected chi connectivity index (χ2v) is 8.92. The highest BCUT2D eigenvalue weighted by molar-refractivity contribution is 6.23. The summed E-state index contributed by atoms with van der Waals surface area (Å²) in [5, 5.41) is 0.